The Morgan fingerprint density at radius 1 is 0.971 bits per heavy atom. The molecular weight excluding hydrogens is 436 g/mol. The normalized spacial score (nSPS) is 44.5. The summed E-state index contributed by atoms with van der Waals surface area (Å²) in [4.78, 5) is 24.7. The van der Waals surface area contributed by atoms with E-state index in [1.165, 1.54) is 31.3 Å². The van der Waals surface area contributed by atoms with Crippen molar-refractivity contribution in [2.45, 2.75) is 96.7 Å². The molecule has 4 fully saturated rings. The molecule has 35 heavy (non-hydrogen) atoms. The SMILES string of the molecule is C[C@]12CC[C@H]3[C@@H](CC=C4C[C@@H](OC(=O)c5ccccc5)CC[C@@]43C)[C@@H]1CC[C@@H]2[C@@]1(C)CCC(=O)O1. The molecule has 0 amide bonds. The van der Waals surface area contributed by atoms with Crippen LogP contribution in [0.1, 0.15) is 95.3 Å². The highest BCUT2D eigenvalue weighted by Crippen LogP contribution is 2.68. The number of hydrogen-bond acceptors (Lipinski definition) is 4. The van der Waals surface area contributed by atoms with Gasteiger partial charge in [-0.1, -0.05) is 43.7 Å². The van der Waals surface area contributed by atoms with Gasteiger partial charge in [0, 0.05) is 18.8 Å². The molecule has 1 saturated heterocycles. The largest absolute Gasteiger partial charge is 0.459 e. The third-order valence-electron chi connectivity index (χ3n) is 11.3. The van der Waals surface area contributed by atoms with Gasteiger partial charge in [-0.2, -0.15) is 0 Å². The number of carbonyl (C=O) groups is 2. The minimum absolute atomic E-state index is 0.00397. The van der Waals surface area contributed by atoms with E-state index in [4.69, 9.17) is 9.47 Å². The van der Waals surface area contributed by atoms with E-state index in [9.17, 15) is 9.59 Å². The summed E-state index contributed by atoms with van der Waals surface area (Å²) in [6.45, 7) is 7.23. The average molecular weight is 477 g/mol. The molecule has 0 spiro atoms. The molecule has 1 aliphatic heterocycles. The zero-order chi connectivity index (χ0) is 24.4. The van der Waals surface area contributed by atoms with E-state index in [2.05, 4.69) is 26.8 Å². The smallest absolute Gasteiger partial charge is 0.338 e. The van der Waals surface area contributed by atoms with E-state index < -0.39 is 0 Å². The monoisotopic (exact) mass is 476 g/mol. The molecular formula is C31H40O4. The van der Waals surface area contributed by atoms with Crippen molar-refractivity contribution < 1.29 is 19.1 Å². The molecule has 1 aromatic rings. The molecule has 4 nitrogen and oxygen atoms in total. The third-order valence-corrected chi connectivity index (χ3v) is 11.3. The Morgan fingerprint density at radius 2 is 1.77 bits per heavy atom. The molecule has 188 valence electrons. The summed E-state index contributed by atoms with van der Waals surface area (Å²) in [6, 6.07) is 9.37. The topological polar surface area (TPSA) is 52.6 Å². The van der Waals surface area contributed by atoms with Crippen molar-refractivity contribution >= 4 is 11.9 Å². The van der Waals surface area contributed by atoms with Gasteiger partial charge in [0.15, 0.2) is 0 Å². The fourth-order valence-corrected chi connectivity index (χ4v) is 9.48. The highest BCUT2D eigenvalue weighted by molar-refractivity contribution is 5.89. The van der Waals surface area contributed by atoms with Crippen molar-refractivity contribution in [3.8, 4) is 0 Å². The molecule has 1 heterocycles. The third kappa shape index (κ3) is 3.61. The molecule has 6 rings (SSSR count). The predicted octanol–water partition coefficient (Wildman–Crippen LogP) is 6.89. The van der Waals surface area contributed by atoms with Crippen LogP contribution in [0, 0.1) is 34.5 Å². The number of fused-ring (bicyclic) bond motifs is 5. The number of esters is 2. The van der Waals surface area contributed by atoms with Crippen LogP contribution in [0.4, 0.5) is 0 Å². The Balaban J connectivity index is 1.19. The standard InChI is InChI=1S/C31H40O4/c1-29-16-13-22(34-28(33)20-7-5-4-6-8-20)19-21(29)9-10-23-24-11-12-26(30(24,2)17-14-25(23)29)31(3)18-15-27(32)35-31/h4-9,22-26H,10-19H2,1-3H3/t22-,23-,24-,25-,26-,29-,30-,31+/m0/s1. The number of allylic oxidation sites excluding steroid dienone is 1. The summed E-state index contributed by atoms with van der Waals surface area (Å²) in [7, 11) is 0. The number of benzene rings is 1. The summed E-state index contributed by atoms with van der Waals surface area (Å²) in [6.07, 6.45) is 13.0. The maximum absolute atomic E-state index is 12.7. The van der Waals surface area contributed by atoms with E-state index in [1.807, 2.05) is 30.3 Å². The first-order valence-corrected chi connectivity index (χ1v) is 13.9. The van der Waals surface area contributed by atoms with Crippen molar-refractivity contribution in [2.75, 3.05) is 0 Å². The molecule has 0 bridgehead atoms. The minimum atomic E-state index is -0.270. The van der Waals surface area contributed by atoms with Gasteiger partial charge in [0.25, 0.3) is 0 Å². The fraction of sp³-hybridized carbons (Fsp3) is 0.677. The van der Waals surface area contributed by atoms with E-state index in [1.54, 1.807) is 0 Å². The lowest BCUT2D eigenvalue weighted by Crippen LogP contribution is -2.53. The van der Waals surface area contributed by atoms with Crippen molar-refractivity contribution in [1.29, 1.82) is 0 Å². The number of carbonyl (C=O) groups excluding carboxylic acids is 2. The van der Waals surface area contributed by atoms with Gasteiger partial charge in [-0.3, -0.25) is 4.79 Å². The van der Waals surface area contributed by atoms with Gasteiger partial charge in [-0.25, -0.2) is 4.79 Å². The van der Waals surface area contributed by atoms with Crippen molar-refractivity contribution in [1.82, 2.24) is 0 Å². The highest BCUT2D eigenvalue weighted by Gasteiger charge is 2.63. The second-order valence-electron chi connectivity index (χ2n) is 12.9. The van der Waals surface area contributed by atoms with E-state index in [0.717, 1.165) is 38.0 Å². The van der Waals surface area contributed by atoms with Crippen LogP contribution in [0.15, 0.2) is 42.0 Å². The second kappa shape index (κ2) is 8.21. The van der Waals surface area contributed by atoms with Gasteiger partial charge < -0.3 is 9.47 Å². The van der Waals surface area contributed by atoms with Crippen LogP contribution in [-0.4, -0.2) is 23.6 Å². The van der Waals surface area contributed by atoms with Gasteiger partial charge in [-0.15, -0.1) is 0 Å². The summed E-state index contributed by atoms with van der Waals surface area (Å²) >= 11 is 0. The zero-order valence-corrected chi connectivity index (χ0v) is 21.6. The molecule has 0 N–H and O–H groups in total. The van der Waals surface area contributed by atoms with Crippen LogP contribution >= 0.6 is 0 Å². The van der Waals surface area contributed by atoms with Crippen LogP contribution in [0.3, 0.4) is 0 Å². The molecule has 0 unspecified atom stereocenters. The van der Waals surface area contributed by atoms with Gasteiger partial charge >= 0.3 is 11.9 Å². The fourth-order valence-electron chi connectivity index (χ4n) is 9.48. The van der Waals surface area contributed by atoms with E-state index in [0.29, 0.717) is 29.7 Å². The van der Waals surface area contributed by atoms with Gasteiger partial charge in [0.2, 0.25) is 0 Å². The minimum Gasteiger partial charge on any atom is -0.459 e. The van der Waals surface area contributed by atoms with Crippen molar-refractivity contribution in [3.63, 3.8) is 0 Å². The Hall–Kier alpha value is -2.10. The molecule has 3 saturated carbocycles. The molecule has 4 heteroatoms. The quantitative estimate of drug-likeness (QED) is 0.352. The molecule has 5 aliphatic rings. The average Bonchev–Trinajstić information content (AvgIpc) is 3.39. The Kier molecular flexibility index (Phi) is 5.47. The lowest BCUT2D eigenvalue weighted by atomic mass is 9.46. The van der Waals surface area contributed by atoms with Crippen LogP contribution in [0.25, 0.3) is 0 Å². The highest BCUT2D eigenvalue weighted by atomic mass is 16.6. The summed E-state index contributed by atoms with van der Waals surface area (Å²) in [5.74, 6) is 2.43. The number of ether oxygens (including phenoxy) is 2. The zero-order valence-electron chi connectivity index (χ0n) is 21.6. The maximum atomic E-state index is 12.7. The van der Waals surface area contributed by atoms with Gasteiger partial charge in [-0.05, 0) is 99.0 Å². The van der Waals surface area contributed by atoms with Crippen LogP contribution < -0.4 is 0 Å². The first kappa shape index (κ1) is 23.3. The second-order valence-corrected chi connectivity index (χ2v) is 12.9. The Bertz CT molecular complexity index is 1050. The summed E-state index contributed by atoms with van der Waals surface area (Å²) in [5.41, 5.74) is 2.40. The van der Waals surface area contributed by atoms with E-state index in [-0.39, 0.29) is 34.5 Å². The molecule has 8 atom stereocenters. The first-order chi connectivity index (χ1) is 16.7. The molecule has 0 radical (unpaired) electrons. The van der Waals surface area contributed by atoms with Crippen LogP contribution in [-0.2, 0) is 14.3 Å². The van der Waals surface area contributed by atoms with Gasteiger partial charge in [0.05, 0.1) is 5.56 Å². The maximum Gasteiger partial charge on any atom is 0.338 e. The van der Waals surface area contributed by atoms with Crippen LogP contribution in [0.2, 0.25) is 0 Å². The Morgan fingerprint density at radius 3 is 2.51 bits per heavy atom. The Labute approximate surface area is 209 Å². The lowest BCUT2D eigenvalue weighted by Gasteiger charge is -2.59. The number of hydrogen-bond donors (Lipinski definition) is 0. The first-order valence-electron chi connectivity index (χ1n) is 13.9. The summed E-state index contributed by atoms with van der Waals surface area (Å²) in [5, 5.41) is 0. The van der Waals surface area contributed by atoms with E-state index >= 15 is 0 Å². The molecule has 1 aromatic carbocycles. The molecule has 4 aliphatic carbocycles. The van der Waals surface area contributed by atoms with Gasteiger partial charge in [0.1, 0.15) is 11.7 Å². The van der Waals surface area contributed by atoms with Crippen molar-refractivity contribution in [3.05, 3.63) is 47.5 Å². The molecule has 0 aromatic heterocycles. The summed E-state index contributed by atoms with van der Waals surface area (Å²) < 4.78 is 11.9. The van der Waals surface area contributed by atoms with Crippen molar-refractivity contribution in [2.24, 2.45) is 34.5 Å². The number of cyclic esters (lactones) is 1. The predicted molar refractivity (Wildman–Crippen MR) is 135 cm³/mol. The number of rotatable bonds is 3. The lowest BCUT2D eigenvalue weighted by molar-refractivity contribution is -0.158. The van der Waals surface area contributed by atoms with Crippen LogP contribution in [0.5, 0.6) is 0 Å².